The second kappa shape index (κ2) is 32.0. The molecule has 0 fully saturated rings. The molecule has 24 aromatic carbocycles. The van der Waals surface area contributed by atoms with E-state index >= 15 is 0 Å². The van der Waals surface area contributed by atoms with Crippen molar-refractivity contribution in [1.82, 2.24) is 0 Å². The molecule has 0 saturated carbocycles. The largest absolute Gasteiger partial charge is 0.0616 e. The van der Waals surface area contributed by atoms with Crippen LogP contribution >= 0.6 is 0 Å². The van der Waals surface area contributed by atoms with E-state index in [2.05, 4.69) is 478 Å². The lowest BCUT2D eigenvalue weighted by Gasteiger charge is -2.19. The Morgan fingerprint density at radius 1 is 0.111 bits per heavy atom. The van der Waals surface area contributed by atoms with Crippen molar-refractivity contribution in [3.8, 4) is 100 Å². The van der Waals surface area contributed by atoms with E-state index < -0.39 is 0 Å². The number of aryl methyl sites for hydroxylation is 6. The summed E-state index contributed by atoms with van der Waals surface area (Å²) < 4.78 is 0. The van der Waals surface area contributed by atoms with E-state index in [9.17, 15) is 0 Å². The van der Waals surface area contributed by atoms with Crippen LogP contribution in [-0.2, 0) is 0 Å². The van der Waals surface area contributed by atoms with Crippen LogP contribution in [0.3, 0.4) is 0 Å². The van der Waals surface area contributed by atoms with Gasteiger partial charge in [0.05, 0.1) is 0 Å². The SMILES string of the molecule is Cc1cc(-c2ccc3ccccc3c2)c2cccc(-c3c(C)cc(-c4ccc5ccccc5c4)c4ccccc34)c2c1.Cc1cc(-c2cccc3ccccc23)c2cccc(-c3c(C)cc(-c4ccc5ccccc5c4)c4ccccc34)c2c1.Cc1ccc(-c2cccc3c(-c4ccc(-c5ccc(C)c6ccccc56)c5ccccc45)cccc23)c2ccccc12. The molecule has 0 N–H and O–H groups in total. The smallest absolute Gasteiger partial charge is 0.00694 e. The summed E-state index contributed by atoms with van der Waals surface area (Å²) in [6.45, 7) is 13.4. The molecule has 24 rings (SSSR count). The Kier molecular flexibility index (Phi) is 19.4. The molecular formula is C126H90. The highest BCUT2D eigenvalue weighted by Gasteiger charge is 2.23. The minimum atomic E-state index is 1.26. The standard InChI is InChI=1S/3C42H30/c1-27-21-23-39(31-13-5-3-11-29(27)31)37-19-9-18-36-35(37)17-10-20-38(36)41-25-26-42(34-16-8-7-15-33(34)41)40-24-22-28(2)30-12-4-6-14-32(30)40;1-27-22-39(33-20-18-29-10-3-5-12-31(29)25-33)36-16-9-17-38(41(36)23-27)42-28(2)24-40(35-14-7-8-15-37(35)42)34-21-19-30-11-4-6-13-32(30)26-34;1-27-23-40(34-18-9-14-30-12-5-6-15-33(30)34)36-19-10-20-38(41(36)24-27)42-28(2)25-39(35-16-7-8-17-37(35)42)32-22-21-29-11-3-4-13-31(29)26-32/h3*3-26H,1-2H3. The first-order chi connectivity index (χ1) is 62.0. The van der Waals surface area contributed by atoms with Crippen molar-refractivity contribution in [1.29, 1.82) is 0 Å². The van der Waals surface area contributed by atoms with Gasteiger partial charge in [0.2, 0.25) is 0 Å². The van der Waals surface area contributed by atoms with Crippen LogP contribution in [0.15, 0.2) is 437 Å². The van der Waals surface area contributed by atoms with Crippen LogP contribution in [-0.4, -0.2) is 0 Å². The number of fused-ring (bicyclic) bond motifs is 12. The van der Waals surface area contributed by atoms with Crippen LogP contribution in [0, 0.1) is 41.5 Å². The quantitative estimate of drug-likeness (QED) is 0.135. The molecule has 126 heavy (non-hydrogen) atoms. The highest BCUT2D eigenvalue weighted by Crippen LogP contribution is 2.49. The Morgan fingerprint density at radius 2 is 0.349 bits per heavy atom. The molecule has 594 valence electrons. The number of rotatable bonds is 9. The van der Waals surface area contributed by atoms with Gasteiger partial charge in [-0.3, -0.25) is 0 Å². The van der Waals surface area contributed by atoms with Crippen molar-refractivity contribution in [2.75, 3.05) is 0 Å². The number of hydrogen-bond donors (Lipinski definition) is 0. The number of hydrogen-bond acceptors (Lipinski definition) is 0. The Hall–Kier alpha value is -15.6. The third-order valence-electron chi connectivity index (χ3n) is 26.6. The monoisotopic (exact) mass is 1600 g/mol. The molecule has 0 nitrogen and oxygen atoms in total. The molecule has 0 aliphatic rings. The lowest BCUT2D eigenvalue weighted by atomic mass is 9.85. The van der Waals surface area contributed by atoms with Gasteiger partial charge in [-0.1, -0.05) is 419 Å². The maximum Gasteiger partial charge on any atom is -0.00694 e. The summed E-state index contributed by atoms with van der Waals surface area (Å²) in [5.41, 5.74) is 30.8. The molecule has 0 unspecified atom stereocenters. The van der Waals surface area contributed by atoms with Crippen molar-refractivity contribution >= 4 is 129 Å². The second-order valence-electron chi connectivity index (χ2n) is 34.3. The Balaban J connectivity index is 0.000000112. The summed E-state index contributed by atoms with van der Waals surface area (Å²) in [5, 5.41) is 30.9. The van der Waals surface area contributed by atoms with Gasteiger partial charge in [-0.05, 0) is 323 Å². The van der Waals surface area contributed by atoms with Gasteiger partial charge in [0.1, 0.15) is 0 Å². The first-order valence-corrected chi connectivity index (χ1v) is 44.1. The topological polar surface area (TPSA) is 0 Å². The molecule has 24 aromatic rings. The van der Waals surface area contributed by atoms with Gasteiger partial charge in [-0.15, -0.1) is 0 Å². The van der Waals surface area contributed by atoms with E-state index in [0.29, 0.717) is 0 Å². The van der Waals surface area contributed by atoms with Gasteiger partial charge < -0.3 is 0 Å². The van der Waals surface area contributed by atoms with Gasteiger partial charge in [-0.2, -0.15) is 0 Å². The van der Waals surface area contributed by atoms with Crippen molar-refractivity contribution in [2.45, 2.75) is 41.5 Å². The number of benzene rings is 24. The summed E-state index contributed by atoms with van der Waals surface area (Å²) in [5.74, 6) is 0. The molecule has 0 bridgehead atoms. The van der Waals surface area contributed by atoms with E-state index in [-0.39, 0.29) is 0 Å². The van der Waals surface area contributed by atoms with E-state index in [4.69, 9.17) is 0 Å². The van der Waals surface area contributed by atoms with Crippen LogP contribution in [0.5, 0.6) is 0 Å². The van der Waals surface area contributed by atoms with E-state index in [1.54, 1.807) is 0 Å². The summed E-state index contributed by atoms with van der Waals surface area (Å²) in [6.07, 6.45) is 0. The molecule has 0 heteroatoms. The van der Waals surface area contributed by atoms with E-state index in [1.165, 1.54) is 263 Å². The van der Waals surface area contributed by atoms with Gasteiger partial charge in [-0.25, -0.2) is 0 Å². The van der Waals surface area contributed by atoms with Gasteiger partial charge >= 0.3 is 0 Å². The minimum Gasteiger partial charge on any atom is -0.0616 e. The predicted octanol–water partition coefficient (Wildman–Crippen LogP) is 35.8. The van der Waals surface area contributed by atoms with Crippen LogP contribution in [0.2, 0.25) is 0 Å². The second-order valence-corrected chi connectivity index (χ2v) is 34.3. The van der Waals surface area contributed by atoms with E-state index in [0.717, 1.165) is 0 Å². The van der Waals surface area contributed by atoms with Crippen LogP contribution in [0.4, 0.5) is 0 Å². The average molecular weight is 1600 g/mol. The van der Waals surface area contributed by atoms with E-state index in [1.807, 2.05) is 0 Å². The first-order valence-electron chi connectivity index (χ1n) is 44.1. The highest BCUT2D eigenvalue weighted by molar-refractivity contribution is 6.19. The molecule has 0 amide bonds. The fourth-order valence-corrected chi connectivity index (χ4v) is 20.6. The van der Waals surface area contributed by atoms with Crippen molar-refractivity contribution < 1.29 is 0 Å². The Labute approximate surface area is 735 Å². The van der Waals surface area contributed by atoms with Crippen molar-refractivity contribution in [3.05, 3.63) is 470 Å². The highest BCUT2D eigenvalue weighted by atomic mass is 14.3. The molecule has 0 aliphatic carbocycles. The summed E-state index contributed by atoms with van der Waals surface area (Å²) in [7, 11) is 0. The van der Waals surface area contributed by atoms with Crippen molar-refractivity contribution in [3.63, 3.8) is 0 Å². The average Bonchev–Trinajstić information content (AvgIpc) is 0.744. The third-order valence-corrected chi connectivity index (χ3v) is 26.6. The molecule has 0 heterocycles. The predicted molar refractivity (Wildman–Crippen MR) is 547 cm³/mol. The zero-order chi connectivity index (χ0) is 84.6. The van der Waals surface area contributed by atoms with Gasteiger partial charge in [0.25, 0.3) is 0 Å². The fraction of sp³-hybridized carbons (Fsp3) is 0.0476. The van der Waals surface area contributed by atoms with Crippen LogP contribution < -0.4 is 0 Å². The molecule has 0 atom stereocenters. The molecule has 0 aromatic heterocycles. The van der Waals surface area contributed by atoms with Crippen molar-refractivity contribution in [2.24, 2.45) is 0 Å². The maximum atomic E-state index is 2.39. The normalized spacial score (nSPS) is 11.6. The summed E-state index contributed by atoms with van der Waals surface area (Å²) in [4.78, 5) is 0. The Morgan fingerprint density at radius 3 is 0.738 bits per heavy atom. The molecule has 0 spiro atoms. The summed E-state index contributed by atoms with van der Waals surface area (Å²) >= 11 is 0. The molecular weight excluding hydrogens is 1510 g/mol. The lowest BCUT2D eigenvalue weighted by Crippen LogP contribution is -1.93. The zero-order valence-corrected chi connectivity index (χ0v) is 71.6. The lowest BCUT2D eigenvalue weighted by molar-refractivity contribution is 1.48. The van der Waals surface area contributed by atoms with Crippen LogP contribution in [0.1, 0.15) is 33.4 Å². The third kappa shape index (κ3) is 13.6. The molecule has 0 aliphatic heterocycles. The van der Waals surface area contributed by atoms with Gasteiger partial charge in [0, 0.05) is 0 Å². The first kappa shape index (κ1) is 76.5. The maximum absolute atomic E-state index is 2.39. The zero-order valence-electron chi connectivity index (χ0n) is 71.6. The Bertz CT molecular complexity index is 8410. The van der Waals surface area contributed by atoms with Crippen LogP contribution in [0.25, 0.3) is 229 Å². The molecule has 0 saturated heterocycles. The molecule has 0 radical (unpaired) electrons. The minimum absolute atomic E-state index is 1.26. The van der Waals surface area contributed by atoms with Gasteiger partial charge in [0.15, 0.2) is 0 Å². The summed E-state index contributed by atoms with van der Waals surface area (Å²) in [6, 6.07) is 161. The fourth-order valence-electron chi connectivity index (χ4n) is 20.6.